The molecular formula is C17H13NO4. The van der Waals surface area contributed by atoms with E-state index < -0.39 is 11.5 Å². The van der Waals surface area contributed by atoms with E-state index in [1.54, 1.807) is 49.6 Å². The van der Waals surface area contributed by atoms with E-state index in [9.17, 15) is 9.59 Å². The Labute approximate surface area is 125 Å². The second-order valence-corrected chi connectivity index (χ2v) is 4.76. The molecule has 0 radical (unpaired) electrons. The fourth-order valence-corrected chi connectivity index (χ4v) is 2.31. The molecule has 0 bridgehead atoms. The quantitative estimate of drug-likeness (QED) is 0.753. The van der Waals surface area contributed by atoms with Gasteiger partial charge in [0.2, 0.25) is 0 Å². The van der Waals surface area contributed by atoms with E-state index >= 15 is 0 Å². The van der Waals surface area contributed by atoms with Gasteiger partial charge in [0.15, 0.2) is 5.58 Å². The molecule has 3 aromatic rings. The minimum Gasteiger partial charge on any atom is -0.497 e. The highest BCUT2D eigenvalue weighted by Gasteiger charge is 2.13. The number of amides is 1. The zero-order valence-electron chi connectivity index (χ0n) is 11.8. The van der Waals surface area contributed by atoms with Gasteiger partial charge in [-0.25, -0.2) is 4.79 Å². The van der Waals surface area contributed by atoms with E-state index in [4.69, 9.17) is 14.9 Å². The van der Waals surface area contributed by atoms with Crippen molar-refractivity contribution in [3.63, 3.8) is 0 Å². The average molecular weight is 295 g/mol. The van der Waals surface area contributed by atoms with Crippen LogP contribution in [-0.4, -0.2) is 13.0 Å². The van der Waals surface area contributed by atoms with Gasteiger partial charge in [-0.2, -0.15) is 0 Å². The number of rotatable bonds is 3. The monoisotopic (exact) mass is 295 g/mol. The van der Waals surface area contributed by atoms with Crippen LogP contribution in [0, 0.1) is 0 Å². The fourth-order valence-electron chi connectivity index (χ4n) is 2.31. The van der Waals surface area contributed by atoms with Crippen LogP contribution in [0.2, 0.25) is 0 Å². The highest BCUT2D eigenvalue weighted by molar-refractivity contribution is 6.04. The molecule has 5 heteroatoms. The molecule has 0 saturated heterocycles. The number of benzene rings is 2. The summed E-state index contributed by atoms with van der Waals surface area (Å²) in [6, 6.07) is 13.7. The first-order valence-electron chi connectivity index (χ1n) is 6.61. The molecule has 110 valence electrons. The number of carbonyl (C=O) groups excluding carboxylic acids is 1. The van der Waals surface area contributed by atoms with Crippen LogP contribution < -0.4 is 16.1 Å². The van der Waals surface area contributed by atoms with Crippen molar-refractivity contribution in [3.05, 3.63) is 64.5 Å². The number of carbonyl (C=O) groups is 1. The van der Waals surface area contributed by atoms with Crippen molar-refractivity contribution in [3.8, 4) is 16.9 Å². The predicted octanol–water partition coefficient (Wildman–Crippen LogP) is 2.57. The predicted molar refractivity (Wildman–Crippen MR) is 83.0 cm³/mol. The summed E-state index contributed by atoms with van der Waals surface area (Å²) in [6.07, 6.45) is 0. The molecule has 2 aromatic carbocycles. The standard InChI is InChI=1S/C17H13NO4/c1-21-12-7-5-10(6-8-12)14-9-11-3-2-4-13(16(18)19)15(11)22-17(14)20/h2-9H,1H3,(H2,18,19). The molecule has 0 spiro atoms. The lowest BCUT2D eigenvalue weighted by atomic mass is 10.0. The lowest BCUT2D eigenvalue weighted by Crippen LogP contribution is -2.12. The summed E-state index contributed by atoms with van der Waals surface area (Å²) in [5, 5.41) is 0.640. The number of hydrogen-bond donors (Lipinski definition) is 1. The number of methoxy groups -OCH3 is 1. The Morgan fingerprint density at radius 2 is 1.86 bits per heavy atom. The van der Waals surface area contributed by atoms with E-state index in [1.807, 2.05) is 0 Å². The van der Waals surface area contributed by atoms with Crippen LogP contribution in [-0.2, 0) is 0 Å². The first-order chi connectivity index (χ1) is 10.6. The maximum absolute atomic E-state index is 12.2. The Morgan fingerprint density at radius 3 is 2.50 bits per heavy atom. The molecular weight excluding hydrogens is 282 g/mol. The zero-order chi connectivity index (χ0) is 15.7. The molecule has 0 aliphatic heterocycles. The highest BCUT2D eigenvalue weighted by Crippen LogP contribution is 2.24. The number of nitrogens with two attached hydrogens (primary N) is 1. The van der Waals surface area contributed by atoms with Crippen LogP contribution in [0.1, 0.15) is 10.4 Å². The van der Waals surface area contributed by atoms with Crippen molar-refractivity contribution in [2.24, 2.45) is 5.73 Å². The Morgan fingerprint density at radius 1 is 1.14 bits per heavy atom. The minimum absolute atomic E-state index is 0.191. The van der Waals surface area contributed by atoms with Gasteiger partial charge < -0.3 is 14.9 Å². The van der Waals surface area contributed by atoms with Gasteiger partial charge >= 0.3 is 5.63 Å². The number of fused-ring (bicyclic) bond motifs is 1. The summed E-state index contributed by atoms with van der Waals surface area (Å²) in [7, 11) is 1.57. The topological polar surface area (TPSA) is 82.5 Å². The molecule has 22 heavy (non-hydrogen) atoms. The Balaban J connectivity index is 2.21. The molecule has 3 rings (SSSR count). The third kappa shape index (κ3) is 2.33. The maximum Gasteiger partial charge on any atom is 0.344 e. The van der Waals surface area contributed by atoms with Crippen LogP contribution >= 0.6 is 0 Å². The third-order valence-corrected chi connectivity index (χ3v) is 3.43. The van der Waals surface area contributed by atoms with Gasteiger partial charge in [0.25, 0.3) is 5.91 Å². The summed E-state index contributed by atoms with van der Waals surface area (Å²) in [5.74, 6) is 0.0656. The van der Waals surface area contributed by atoms with Crippen LogP contribution in [0.3, 0.4) is 0 Å². The molecule has 0 atom stereocenters. The van der Waals surface area contributed by atoms with Crippen molar-refractivity contribution in [2.75, 3.05) is 7.11 Å². The number of ether oxygens (including phenoxy) is 1. The average Bonchev–Trinajstić information content (AvgIpc) is 2.53. The lowest BCUT2D eigenvalue weighted by Gasteiger charge is -2.06. The van der Waals surface area contributed by atoms with Crippen molar-refractivity contribution in [1.29, 1.82) is 0 Å². The molecule has 1 heterocycles. The minimum atomic E-state index is -0.633. The number of hydrogen-bond acceptors (Lipinski definition) is 4. The van der Waals surface area contributed by atoms with Gasteiger partial charge in [-0.15, -0.1) is 0 Å². The van der Waals surface area contributed by atoms with Crippen LogP contribution in [0.4, 0.5) is 0 Å². The molecule has 1 aromatic heterocycles. The van der Waals surface area contributed by atoms with Gasteiger partial charge in [-0.1, -0.05) is 24.3 Å². The van der Waals surface area contributed by atoms with Crippen molar-refractivity contribution in [1.82, 2.24) is 0 Å². The smallest absolute Gasteiger partial charge is 0.344 e. The SMILES string of the molecule is COc1ccc(-c2cc3cccc(C(N)=O)c3oc2=O)cc1. The lowest BCUT2D eigenvalue weighted by molar-refractivity contribution is 0.100. The molecule has 0 aliphatic carbocycles. The van der Waals surface area contributed by atoms with E-state index in [0.717, 1.165) is 0 Å². The Hall–Kier alpha value is -3.08. The summed E-state index contributed by atoms with van der Waals surface area (Å²) in [6.45, 7) is 0. The normalized spacial score (nSPS) is 10.6. The van der Waals surface area contributed by atoms with E-state index in [-0.39, 0.29) is 11.1 Å². The first-order valence-corrected chi connectivity index (χ1v) is 6.61. The molecule has 0 unspecified atom stereocenters. The van der Waals surface area contributed by atoms with Crippen molar-refractivity contribution < 1.29 is 13.9 Å². The van der Waals surface area contributed by atoms with Gasteiger partial charge in [0, 0.05) is 5.39 Å². The second-order valence-electron chi connectivity index (χ2n) is 4.76. The molecule has 2 N–H and O–H groups in total. The molecule has 5 nitrogen and oxygen atoms in total. The van der Waals surface area contributed by atoms with Gasteiger partial charge in [-0.3, -0.25) is 4.79 Å². The van der Waals surface area contributed by atoms with Crippen LogP contribution in [0.25, 0.3) is 22.1 Å². The van der Waals surface area contributed by atoms with Crippen molar-refractivity contribution >= 4 is 16.9 Å². The van der Waals surface area contributed by atoms with Crippen LogP contribution in [0.15, 0.2) is 57.7 Å². The summed E-state index contributed by atoms with van der Waals surface area (Å²) < 4.78 is 10.4. The number of para-hydroxylation sites is 1. The third-order valence-electron chi connectivity index (χ3n) is 3.43. The maximum atomic E-state index is 12.2. The van der Waals surface area contributed by atoms with E-state index in [1.165, 1.54) is 6.07 Å². The summed E-state index contributed by atoms with van der Waals surface area (Å²) >= 11 is 0. The number of primary amides is 1. The molecule has 0 saturated carbocycles. The Bertz CT molecular complexity index is 910. The molecule has 1 amide bonds. The van der Waals surface area contributed by atoms with Gasteiger partial charge in [0.05, 0.1) is 18.2 Å². The van der Waals surface area contributed by atoms with Gasteiger partial charge in [0.1, 0.15) is 5.75 Å². The second kappa shape index (κ2) is 5.37. The van der Waals surface area contributed by atoms with Gasteiger partial charge in [-0.05, 0) is 29.8 Å². The molecule has 0 aliphatic rings. The summed E-state index contributed by atoms with van der Waals surface area (Å²) in [4.78, 5) is 23.6. The first kappa shape index (κ1) is 13.9. The summed E-state index contributed by atoms with van der Waals surface area (Å²) in [5.41, 5.74) is 6.29. The van der Waals surface area contributed by atoms with Crippen LogP contribution in [0.5, 0.6) is 5.75 Å². The van der Waals surface area contributed by atoms with E-state index in [2.05, 4.69) is 0 Å². The zero-order valence-corrected chi connectivity index (χ0v) is 11.8. The van der Waals surface area contributed by atoms with E-state index in [0.29, 0.717) is 22.3 Å². The fraction of sp³-hybridized carbons (Fsp3) is 0.0588. The largest absolute Gasteiger partial charge is 0.497 e. The Kier molecular flexibility index (Phi) is 3.39. The van der Waals surface area contributed by atoms with Crippen molar-refractivity contribution in [2.45, 2.75) is 0 Å². The molecule has 0 fully saturated rings. The highest BCUT2D eigenvalue weighted by atomic mass is 16.5.